The van der Waals surface area contributed by atoms with Crippen molar-refractivity contribution in [2.75, 3.05) is 0 Å². The monoisotopic (exact) mass is 194 g/mol. The van der Waals surface area contributed by atoms with Gasteiger partial charge in [-0.2, -0.15) is 5.10 Å². The van der Waals surface area contributed by atoms with Crippen molar-refractivity contribution in [2.45, 2.75) is 6.92 Å². The molecule has 2 aromatic rings. The number of aryl methyl sites for hydroxylation is 1. The molecule has 13 heavy (non-hydrogen) atoms. The molecule has 2 aromatic heterocycles. The SMILES string of the molecule is Cc1cc(Cl)c2ccc(C=O)n2n1. The molecule has 4 heteroatoms. The van der Waals surface area contributed by atoms with Crippen molar-refractivity contribution in [1.29, 1.82) is 0 Å². The molecule has 66 valence electrons. The van der Waals surface area contributed by atoms with E-state index in [9.17, 15) is 4.79 Å². The maximum atomic E-state index is 10.6. The average molecular weight is 195 g/mol. The Bertz CT molecular complexity index is 476. The highest BCUT2D eigenvalue weighted by atomic mass is 35.5. The van der Waals surface area contributed by atoms with Gasteiger partial charge in [0.1, 0.15) is 5.69 Å². The number of hydrogen-bond donors (Lipinski definition) is 0. The third-order valence-corrected chi connectivity index (χ3v) is 2.15. The van der Waals surface area contributed by atoms with E-state index in [0.29, 0.717) is 10.7 Å². The zero-order chi connectivity index (χ0) is 9.42. The Morgan fingerprint density at radius 1 is 1.54 bits per heavy atom. The van der Waals surface area contributed by atoms with Gasteiger partial charge in [-0.15, -0.1) is 0 Å². The molecule has 0 bridgehead atoms. The Kier molecular flexibility index (Phi) is 1.81. The standard InChI is InChI=1S/C9H7ClN2O/c1-6-4-8(10)9-3-2-7(5-13)12(9)11-6/h2-5H,1H3. The molecule has 0 N–H and O–H groups in total. The van der Waals surface area contributed by atoms with Crippen LogP contribution in [0.5, 0.6) is 0 Å². The van der Waals surface area contributed by atoms with E-state index in [1.54, 1.807) is 22.7 Å². The van der Waals surface area contributed by atoms with Crippen molar-refractivity contribution in [2.24, 2.45) is 0 Å². The minimum atomic E-state index is 0.514. The Hall–Kier alpha value is -1.35. The van der Waals surface area contributed by atoms with E-state index in [1.807, 2.05) is 6.92 Å². The summed E-state index contributed by atoms with van der Waals surface area (Å²) in [6, 6.07) is 5.24. The van der Waals surface area contributed by atoms with Gasteiger partial charge in [0.2, 0.25) is 0 Å². The van der Waals surface area contributed by atoms with E-state index < -0.39 is 0 Å². The lowest BCUT2D eigenvalue weighted by Crippen LogP contribution is -1.98. The van der Waals surface area contributed by atoms with Gasteiger partial charge in [-0.05, 0) is 25.1 Å². The number of carbonyl (C=O) groups is 1. The molecule has 0 radical (unpaired) electrons. The van der Waals surface area contributed by atoms with E-state index in [4.69, 9.17) is 11.6 Å². The Morgan fingerprint density at radius 2 is 2.31 bits per heavy atom. The van der Waals surface area contributed by atoms with Crippen molar-refractivity contribution in [3.8, 4) is 0 Å². The van der Waals surface area contributed by atoms with Crippen LogP contribution in [0.15, 0.2) is 18.2 Å². The van der Waals surface area contributed by atoms with Gasteiger partial charge < -0.3 is 0 Å². The van der Waals surface area contributed by atoms with Gasteiger partial charge in [0.05, 0.1) is 16.2 Å². The van der Waals surface area contributed by atoms with Crippen LogP contribution in [0.3, 0.4) is 0 Å². The van der Waals surface area contributed by atoms with Crippen molar-refractivity contribution >= 4 is 23.4 Å². The van der Waals surface area contributed by atoms with Crippen LogP contribution in [-0.4, -0.2) is 15.9 Å². The molecule has 0 aliphatic rings. The highest BCUT2D eigenvalue weighted by Crippen LogP contribution is 2.18. The molecular formula is C9H7ClN2O. The minimum Gasteiger partial charge on any atom is -0.296 e. The van der Waals surface area contributed by atoms with Crippen molar-refractivity contribution < 1.29 is 4.79 Å². The van der Waals surface area contributed by atoms with Crippen molar-refractivity contribution in [1.82, 2.24) is 9.61 Å². The molecule has 0 spiro atoms. The first kappa shape index (κ1) is 8.26. The van der Waals surface area contributed by atoms with Crippen LogP contribution in [0.2, 0.25) is 5.02 Å². The fraction of sp³-hybridized carbons (Fsp3) is 0.111. The van der Waals surface area contributed by atoms with Crippen LogP contribution in [-0.2, 0) is 0 Å². The molecule has 3 nitrogen and oxygen atoms in total. The number of rotatable bonds is 1. The maximum absolute atomic E-state index is 10.6. The van der Waals surface area contributed by atoms with Crippen LogP contribution >= 0.6 is 11.6 Å². The lowest BCUT2D eigenvalue weighted by Gasteiger charge is -1.99. The number of hydrogen-bond acceptors (Lipinski definition) is 2. The minimum absolute atomic E-state index is 0.514. The van der Waals surface area contributed by atoms with E-state index in [2.05, 4.69) is 5.10 Å². The van der Waals surface area contributed by atoms with Gasteiger partial charge in [0.25, 0.3) is 0 Å². The summed E-state index contributed by atoms with van der Waals surface area (Å²) in [5, 5.41) is 4.78. The van der Waals surface area contributed by atoms with Crippen LogP contribution < -0.4 is 0 Å². The van der Waals surface area contributed by atoms with Gasteiger partial charge in [-0.1, -0.05) is 11.6 Å². The molecule has 2 rings (SSSR count). The number of fused-ring (bicyclic) bond motifs is 1. The first-order valence-electron chi connectivity index (χ1n) is 3.82. The molecule has 0 saturated heterocycles. The summed E-state index contributed by atoms with van der Waals surface area (Å²) >= 11 is 5.96. The molecule has 0 unspecified atom stereocenters. The second-order valence-electron chi connectivity index (χ2n) is 2.81. The lowest BCUT2D eigenvalue weighted by atomic mass is 10.4. The normalized spacial score (nSPS) is 10.6. The predicted octanol–water partition coefficient (Wildman–Crippen LogP) is 2.11. The fourth-order valence-corrected chi connectivity index (χ4v) is 1.57. The molecule has 0 atom stereocenters. The second kappa shape index (κ2) is 2.85. The molecule has 0 fully saturated rings. The smallest absolute Gasteiger partial charge is 0.168 e. The molecule has 0 amide bonds. The summed E-state index contributed by atoms with van der Waals surface area (Å²) in [5.41, 5.74) is 2.06. The summed E-state index contributed by atoms with van der Waals surface area (Å²) in [6.07, 6.45) is 0.760. The first-order chi connectivity index (χ1) is 6.22. The maximum Gasteiger partial charge on any atom is 0.168 e. The van der Waals surface area contributed by atoms with Crippen LogP contribution in [0, 0.1) is 6.92 Å². The lowest BCUT2D eigenvalue weighted by molar-refractivity contribution is 0.111. The topological polar surface area (TPSA) is 34.4 Å². The van der Waals surface area contributed by atoms with Gasteiger partial charge in [0.15, 0.2) is 6.29 Å². The summed E-state index contributed by atoms with van der Waals surface area (Å²) in [4.78, 5) is 10.6. The molecule has 2 heterocycles. The van der Waals surface area contributed by atoms with E-state index in [0.717, 1.165) is 17.5 Å². The molecule has 0 saturated carbocycles. The highest BCUT2D eigenvalue weighted by molar-refractivity contribution is 6.33. The molecular weight excluding hydrogens is 188 g/mol. The number of carbonyl (C=O) groups excluding carboxylic acids is 1. The van der Waals surface area contributed by atoms with E-state index >= 15 is 0 Å². The number of aromatic nitrogens is 2. The number of nitrogens with zero attached hydrogens (tertiary/aromatic N) is 2. The van der Waals surface area contributed by atoms with E-state index in [1.165, 1.54) is 0 Å². The Labute approximate surface area is 79.9 Å². The fourth-order valence-electron chi connectivity index (χ4n) is 1.27. The van der Waals surface area contributed by atoms with Crippen LogP contribution in [0.4, 0.5) is 0 Å². The van der Waals surface area contributed by atoms with Crippen LogP contribution in [0.25, 0.3) is 5.52 Å². The zero-order valence-electron chi connectivity index (χ0n) is 6.99. The van der Waals surface area contributed by atoms with Gasteiger partial charge in [0, 0.05) is 0 Å². The first-order valence-corrected chi connectivity index (χ1v) is 4.20. The quantitative estimate of drug-likeness (QED) is 0.652. The van der Waals surface area contributed by atoms with Gasteiger partial charge >= 0.3 is 0 Å². The number of aldehydes is 1. The molecule has 0 aliphatic carbocycles. The predicted molar refractivity (Wildman–Crippen MR) is 50.3 cm³/mol. The summed E-state index contributed by atoms with van der Waals surface area (Å²) < 4.78 is 1.55. The zero-order valence-corrected chi connectivity index (χ0v) is 7.75. The van der Waals surface area contributed by atoms with Gasteiger partial charge in [-0.3, -0.25) is 4.79 Å². The van der Waals surface area contributed by atoms with Crippen molar-refractivity contribution in [3.05, 3.63) is 34.6 Å². The Morgan fingerprint density at radius 3 is 3.00 bits per heavy atom. The summed E-state index contributed by atoms with van der Waals surface area (Å²) in [6.45, 7) is 1.83. The summed E-state index contributed by atoms with van der Waals surface area (Å²) in [7, 11) is 0. The molecule has 0 aliphatic heterocycles. The summed E-state index contributed by atoms with van der Waals surface area (Å²) in [5.74, 6) is 0. The largest absolute Gasteiger partial charge is 0.296 e. The second-order valence-corrected chi connectivity index (χ2v) is 3.21. The number of halogens is 1. The van der Waals surface area contributed by atoms with Crippen LogP contribution in [0.1, 0.15) is 16.2 Å². The van der Waals surface area contributed by atoms with E-state index in [-0.39, 0.29) is 0 Å². The highest BCUT2D eigenvalue weighted by Gasteiger charge is 2.05. The van der Waals surface area contributed by atoms with Gasteiger partial charge in [-0.25, -0.2) is 4.52 Å². The third-order valence-electron chi connectivity index (χ3n) is 1.84. The molecule has 0 aromatic carbocycles. The average Bonchev–Trinajstić information content (AvgIpc) is 2.47. The third kappa shape index (κ3) is 1.21. The Balaban J connectivity index is 2.89. The van der Waals surface area contributed by atoms with Crippen molar-refractivity contribution in [3.63, 3.8) is 0 Å².